The smallest absolute Gasteiger partial charge is 0.264 e. The molecule has 1 amide bonds. The van der Waals surface area contributed by atoms with Gasteiger partial charge >= 0.3 is 0 Å². The molecule has 2 aliphatic rings. The number of halogens is 1. The number of hydrogen-bond acceptors (Lipinski definition) is 4. The molecular formula is C15H17FN2O3. The van der Waals surface area contributed by atoms with Crippen molar-refractivity contribution in [3.63, 3.8) is 0 Å². The number of benzene rings is 1. The largest absolute Gasteiger partial charge is 0.382 e. The first kappa shape index (κ1) is 14.0. The minimum atomic E-state index is -0.619. The van der Waals surface area contributed by atoms with E-state index in [1.807, 2.05) is 0 Å². The van der Waals surface area contributed by atoms with Crippen molar-refractivity contribution in [2.75, 3.05) is 13.2 Å². The van der Waals surface area contributed by atoms with Gasteiger partial charge in [-0.15, -0.1) is 0 Å². The highest BCUT2D eigenvalue weighted by molar-refractivity contribution is 6.04. The van der Waals surface area contributed by atoms with Crippen LogP contribution in [0.15, 0.2) is 29.4 Å². The van der Waals surface area contributed by atoms with Crippen LogP contribution in [-0.2, 0) is 14.4 Å². The van der Waals surface area contributed by atoms with Crippen molar-refractivity contribution in [1.29, 1.82) is 0 Å². The SMILES string of the molecule is O=C(N[C@@H]1CCCOC1)[C@H]1CC(c2ccc(F)cc2)=NO1. The van der Waals surface area contributed by atoms with E-state index in [-0.39, 0.29) is 17.8 Å². The molecule has 0 aromatic heterocycles. The normalized spacial score (nSPS) is 25.1. The van der Waals surface area contributed by atoms with E-state index in [9.17, 15) is 9.18 Å². The first-order chi connectivity index (χ1) is 10.2. The van der Waals surface area contributed by atoms with Crippen LogP contribution in [0.1, 0.15) is 24.8 Å². The van der Waals surface area contributed by atoms with Gasteiger partial charge in [0.2, 0.25) is 6.10 Å². The van der Waals surface area contributed by atoms with E-state index in [1.165, 1.54) is 12.1 Å². The van der Waals surface area contributed by atoms with Crippen LogP contribution < -0.4 is 5.32 Å². The number of oxime groups is 1. The van der Waals surface area contributed by atoms with Crippen LogP contribution in [0, 0.1) is 5.82 Å². The maximum Gasteiger partial charge on any atom is 0.264 e. The van der Waals surface area contributed by atoms with Crippen molar-refractivity contribution in [2.45, 2.75) is 31.4 Å². The lowest BCUT2D eigenvalue weighted by Gasteiger charge is -2.23. The van der Waals surface area contributed by atoms with Gasteiger partial charge in [-0.2, -0.15) is 0 Å². The Morgan fingerprint density at radius 1 is 1.33 bits per heavy atom. The summed E-state index contributed by atoms with van der Waals surface area (Å²) in [6, 6.07) is 6.04. The fourth-order valence-corrected chi connectivity index (χ4v) is 2.48. The number of carbonyl (C=O) groups is 1. The first-order valence-corrected chi connectivity index (χ1v) is 7.09. The molecule has 0 bridgehead atoms. The Morgan fingerprint density at radius 2 is 2.14 bits per heavy atom. The molecule has 0 aliphatic carbocycles. The van der Waals surface area contributed by atoms with Gasteiger partial charge in [-0.1, -0.05) is 17.3 Å². The summed E-state index contributed by atoms with van der Waals surface area (Å²) in [5.74, 6) is -0.476. The molecule has 3 rings (SSSR count). The summed E-state index contributed by atoms with van der Waals surface area (Å²) >= 11 is 0. The topological polar surface area (TPSA) is 59.9 Å². The minimum absolute atomic E-state index is 0.0460. The summed E-state index contributed by atoms with van der Waals surface area (Å²) in [5.41, 5.74) is 1.43. The fourth-order valence-electron chi connectivity index (χ4n) is 2.48. The molecule has 1 fully saturated rings. The molecule has 112 valence electrons. The predicted molar refractivity (Wildman–Crippen MR) is 74.4 cm³/mol. The van der Waals surface area contributed by atoms with Crippen molar-refractivity contribution in [3.8, 4) is 0 Å². The van der Waals surface area contributed by atoms with Gasteiger partial charge in [-0.3, -0.25) is 4.79 Å². The monoisotopic (exact) mass is 292 g/mol. The van der Waals surface area contributed by atoms with Crippen LogP contribution in [0.4, 0.5) is 4.39 Å². The van der Waals surface area contributed by atoms with E-state index < -0.39 is 6.10 Å². The second kappa shape index (κ2) is 6.22. The van der Waals surface area contributed by atoms with Crippen LogP contribution in [0.3, 0.4) is 0 Å². The third-order valence-corrected chi connectivity index (χ3v) is 3.65. The minimum Gasteiger partial charge on any atom is -0.382 e. The molecule has 2 heterocycles. The zero-order valence-corrected chi connectivity index (χ0v) is 11.5. The lowest BCUT2D eigenvalue weighted by atomic mass is 10.0. The molecule has 1 N–H and O–H groups in total. The molecule has 0 unspecified atom stereocenters. The number of nitrogens with one attached hydrogen (secondary N) is 1. The molecule has 2 atom stereocenters. The number of hydrogen-bond donors (Lipinski definition) is 1. The fraction of sp³-hybridized carbons (Fsp3) is 0.467. The molecule has 6 heteroatoms. The van der Waals surface area contributed by atoms with Crippen molar-refractivity contribution in [2.24, 2.45) is 5.16 Å². The molecule has 21 heavy (non-hydrogen) atoms. The van der Waals surface area contributed by atoms with Gasteiger partial charge in [-0.25, -0.2) is 4.39 Å². The van der Waals surface area contributed by atoms with Crippen LogP contribution in [-0.4, -0.2) is 37.0 Å². The first-order valence-electron chi connectivity index (χ1n) is 7.09. The van der Waals surface area contributed by atoms with E-state index in [2.05, 4.69) is 10.5 Å². The molecular weight excluding hydrogens is 275 g/mol. The lowest BCUT2D eigenvalue weighted by molar-refractivity contribution is -0.132. The Bertz CT molecular complexity index is 538. The Kier molecular flexibility index (Phi) is 4.15. The van der Waals surface area contributed by atoms with E-state index in [1.54, 1.807) is 12.1 Å². The van der Waals surface area contributed by atoms with E-state index in [0.717, 1.165) is 25.0 Å². The van der Waals surface area contributed by atoms with Gasteiger partial charge in [0.05, 0.1) is 18.4 Å². The van der Waals surface area contributed by atoms with Gasteiger partial charge in [0.15, 0.2) is 0 Å². The van der Waals surface area contributed by atoms with Gasteiger partial charge in [-0.05, 0) is 30.5 Å². The third-order valence-electron chi connectivity index (χ3n) is 3.65. The van der Waals surface area contributed by atoms with Crippen LogP contribution in [0.2, 0.25) is 0 Å². The third kappa shape index (κ3) is 3.39. The van der Waals surface area contributed by atoms with Gasteiger partial charge in [0, 0.05) is 13.0 Å². The lowest BCUT2D eigenvalue weighted by Crippen LogP contribution is -2.45. The molecule has 5 nitrogen and oxygen atoms in total. The second-order valence-corrected chi connectivity index (χ2v) is 5.27. The van der Waals surface area contributed by atoms with Crippen molar-refractivity contribution in [1.82, 2.24) is 5.32 Å². The van der Waals surface area contributed by atoms with E-state index in [0.29, 0.717) is 18.7 Å². The summed E-state index contributed by atoms with van der Waals surface area (Å²) in [6.45, 7) is 1.30. The molecule has 1 aromatic carbocycles. The van der Waals surface area contributed by atoms with Crippen molar-refractivity contribution in [3.05, 3.63) is 35.6 Å². The Morgan fingerprint density at radius 3 is 2.86 bits per heavy atom. The van der Waals surface area contributed by atoms with Gasteiger partial charge in [0.25, 0.3) is 5.91 Å². The summed E-state index contributed by atoms with van der Waals surface area (Å²) in [4.78, 5) is 17.3. The zero-order chi connectivity index (χ0) is 14.7. The highest BCUT2D eigenvalue weighted by Crippen LogP contribution is 2.18. The number of amides is 1. The van der Waals surface area contributed by atoms with Crippen molar-refractivity contribution < 1.29 is 18.8 Å². The number of nitrogens with zero attached hydrogens (tertiary/aromatic N) is 1. The van der Waals surface area contributed by atoms with Crippen molar-refractivity contribution >= 4 is 11.6 Å². The molecule has 0 saturated carbocycles. The van der Waals surface area contributed by atoms with E-state index >= 15 is 0 Å². The Hall–Kier alpha value is -1.95. The maximum absolute atomic E-state index is 12.9. The Balaban J connectivity index is 1.55. The zero-order valence-electron chi connectivity index (χ0n) is 11.5. The summed E-state index contributed by atoms with van der Waals surface area (Å²) in [7, 11) is 0. The van der Waals surface area contributed by atoms with Crippen LogP contribution in [0.5, 0.6) is 0 Å². The highest BCUT2D eigenvalue weighted by Gasteiger charge is 2.30. The average Bonchev–Trinajstić information content (AvgIpc) is 2.99. The maximum atomic E-state index is 12.9. The molecule has 1 saturated heterocycles. The molecule has 2 aliphatic heterocycles. The molecule has 1 aromatic rings. The standard InChI is InChI=1S/C15H17FN2O3/c16-11-5-3-10(4-6-11)13-8-14(21-18-13)15(19)17-12-2-1-7-20-9-12/h3-6,12,14H,1-2,7-9H2,(H,17,19)/t12-,14-/m1/s1. The molecule has 0 spiro atoms. The quantitative estimate of drug-likeness (QED) is 0.921. The average molecular weight is 292 g/mol. The van der Waals surface area contributed by atoms with E-state index in [4.69, 9.17) is 9.57 Å². The van der Waals surface area contributed by atoms with Gasteiger partial charge < -0.3 is 14.9 Å². The highest BCUT2D eigenvalue weighted by atomic mass is 19.1. The summed E-state index contributed by atoms with van der Waals surface area (Å²) in [5, 5.41) is 6.85. The Labute approximate surface area is 122 Å². The number of carbonyl (C=O) groups excluding carboxylic acids is 1. The van der Waals surface area contributed by atoms with Crippen LogP contribution in [0.25, 0.3) is 0 Å². The number of rotatable bonds is 3. The predicted octanol–water partition coefficient (Wildman–Crippen LogP) is 1.61. The molecule has 0 radical (unpaired) electrons. The summed E-state index contributed by atoms with van der Waals surface area (Å²) < 4.78 is 18.2. The summed E-state index contributed by atoms with van der Waals surface area (Å²) in [6.07, 6.45) is 1.65. The van der Waals surface area contributed by atoms with Gasteiger partial charge in [0.1, 0.15) is 5.82 Å². The number of ether oxygens (including phenoxy) is 1. The second-order valence-electron chi connectivity index (χ2n) is 5.27. The van der Waals surface area contributed by atoms with Crippen LogP contribution >= 0.6 is 0 Å².